The van der Waals surface area contributed by atoms with E-state index in [9.17, 15) is 14.0 Å². The Labute approximate surface area is 229 Å². The van der Waals surface area contributed by atoms with Crippen molar-refractivity contribution in [1.29, 1.82) is 0 Å². The number of benzene rings is 2. The standard InChI is InChI=1S/C23H36N2O3.C7H7F.C2H4/c1-8-20(18-14-16(2)13-17(3)15-18)21(26)24(7)19-9-11-25(12-10-19)22(27)28-23(4,5)6;1-6-3-2-4-7(8)5-6;1-2/h13-15,19-20H,8-12H2,1-7H3;2-5H,1H3;1-2H2/t20-;;/m1../s1. The fourth-order valence-corrected chi connectivity index (χ4v) is 4.56. The minimum absolute atomic E-state index is 0.118. The van der Waals surface area contributed by atoms with Crippen molar-refractivity contribution in [2.24, 2.45) is 0 Å². The summed E-state index contributed by atoms with van der Waals surface area (Å²) < 4.78 is 17.6. The molecule has 6 heteroatoms. The maximum Gasteiger partial charge on any atom is 0.410 e. The molecule has 5 nitrogen and oxygen atoms in total. The first-order valence-corrected chi connectivity index (χ1v) is 13.4. The minimum Gasteiger partial charge on any atom is -0.444 e. The molecule has 1 aliphatic heterocycles. The first-order chi connectivity index (χ1) is 17.8. The summed E-state index contributed by atoms with van der Waals surface area (Å²) in [6.07, 6.45) is 2.08. The molecule has 0 bridgehead atoms. The Morgan fingerprint density at radius 1 is 1.03 bits per heavy atom. The lowest BCUT2D eigenvalue weighted by atomic mass is 9.91. The van der Waals surface area contributed by atoms with E-state index in [-0.39, 0.29) is 29.8 Å². The molecule has 0 aromatic heterocycles. The minimum atomic E-state index is -0.485. The molecule has 0 saturated carbocycles. The first kappa shape index (κ1) is 32.9. The predicted molar refractivity (Wildman–Crippen MR) is 155 cm³/mol. The van der Waals surface area contributed by atoms with E-state index < -0.39 is 5.60 Å². The highest BCUT2D eigenvalue weighted by Crippen LogP contribution is 2.27. The van der Waals surface area contributed by atoms with Crippen molar-refractivity contribution < 1.29 is 18.7 Å². The number of likely N-dealkylation sites (tertiary alicyclic amines) is 1. The van der Waals surface area contributed by atoms with E-state index >= 15 is 0 Å². The molecule has 2 aromatic rings. The zero-order valence-corrected chi connectivity index (χ0v) is 24.6. The first-order valence-electron chi connectivity index (χ1n) is 13.4. The second-order valence-corrected chi connectivity index (χ2v) is 10.8. The highest BCUT2D eigenvalue weighted by molar-refractivity contribution is 5.84. The van der Waals surface area contributed by atoms with E-state index in [0.29, 0.717) is 13.1 Å². The molecule has 1 heterocycles. The van der Waals surface area contributed by atoms with Crippen molar-refractivity contribution in [2.75, 3.05) is 20.1 Å². The molecular weight excluding hydrogens is 479 g/mol. The number of hydrogen-bond donors (Lipinski definition) is 0. The van der Waals surface area contributed by atoms with Crippen molar-refractivity contribution in [3.63, 3.8) is 0 Å². The van der Waals surface area contributed by atoms with Gasteiger partial charge in [-0.25, -0.2) is 9.18 Å². The van der Waals surface area contributed by atoms with Crippen LogP contribution in [0.3, 0.4) is 0 Å². The Bertz CT molecular complexity index is 1000. The van der Waals surface area contributed by atoms with Gasteiger partial charge in [0.1, 0.15) is 11.4 Å². The van der Waals surface area contributed by atoms with E-state index in [4.69, 9.17) is 4.74 Å². The third kappa shape index (κ3) is 10.7. The van der Waals surface area contributed by atoms with Gasteiger partial charge in [0.05, 0.1) is 5.92 Å². The van der Waals surface area contributed by atoms with Crippen LogP contribution in [0.15, 0.2) is 55.6 Å². The number of nitrogens with zero attached hydrogens (tertiary/aromatic N) is 2. The van der Waals surface area contributed by atoms with Crippen LogP contribution in [-0.4, -0.2) is 53.6 Å². The Balaban J connectivity index is 0.000000607. The number of hydrogen-bond acceptors (Lipinski definition) is 3. The molecule has 1 aliphatic rings. The Kier molecular flexibility index (Phi) is 13.2. The molecule has 210 valence electrons. The number of aryl methyl sites for hydroxylation is 3. The van der Waals surface area contributed by atoms with Crippen molar-refractivity contribution in [3.8, 4) is 0 Å². The number of carbonyl (C=O) groups excluding carboxylic acids is 2. The van der Waals surface area contributed by atoms with E-state index in [0.717, 1.165) is 30.4 Å². The zero-order chi connectivity index (χ0) is 29.0. The average Bonchev–Trinajstić information content (AvgIpc) is 2.84. The van der Waals surface area contributed by atoms with Crippen LogP contribution in [0.1, 0.15) is 75.1 Å². The Morgan fingerprint density at radius 2 is 1.58 bits per heavy atom. The third-order valence-corrected chi connectivity index (χ3v) is 6.34. The molecule has 2 amide bonds. The summed E-state index contributed by atoms with van der Waals surface area (Å²) in [5.41, 5.74) is 3.96. The molecule has 2 aromatic carbocycles. The van der Waals surface area contributed by atoms with Crippen LogP contribution in [0.5, 0.6) is 0 Å². The SMILES string of the molecule is C=C.CC[C@@H](C(=O)N(C)C1CCN(C(=O)OC(C)(C)C)CC1)c1cc(C)cc(C)c1.Cc1cccc(F)c1. The molecule has 0 aliphatic carbocycles. The van der Waals surface area contributed by atoms with Crippen LogP contribution < -0.4 is 0 Å². The van der Waals surface area contributed by atoms with Gasteiger partial charge in [0.25, 0.3) is 0 Å². The largest absolute Gasteiger partial charge is 0.444 e. The van der Waals surface area contributed by atoms with E-state index in [2.05, 4.69) is 52.1 Å². The van der Waals surface area contributed by atoms with Gasteiger partial charge in [-0.15, -0.1) is 13.2 Å². The van der Waals surface area contributed by atoms with Crippen molar-refractivity contribution in [1.82, 2.24) is 9.80 Å². The van der Waals surface area contributed by atoms with Crippen LogP contribution >= 0.6 is 0 Å². The number of halogens is 1. The van der Waals surface area contributed by atoms with Gasteiger partial charge in [-0.3, -0.25) is 4.79 Å². The second kappa shape index (κ2) is 15.3. The van der Waals surface area contributed by atoms with Crippen molar-refractivity contribution >= 4 is 12.0 Å². The normalized spacial score (nSPS) is 14.3. The highest BCUT2D eigenvalue weighted by atomic mass is 19.1. The summed E-state index contributed by atoms with van der Waals surface area (Å²) in [5.74, 6) is -0.110. The summed E-state index contributed by atoms with van der Waals surface area (Å²) in [6.45, 7) is 21.0. The van der Waals surface area contributed by atoms with Crippen LogP contribution in [0.25, 0.3) is 0 Å². The smallest absolute Gasteiger partial charge is 0.410 e. The van der Waals surface area contributed by atoms with Crippen molar-refractivity contribution in [3.05, 3.63) is 83.7 Å². The van der Waals surface area contributed by atoms with Gasteiger partial charge in [-0.05, 0) is 84.1 Å². The number of piperidine rings is 1. The molecule has 1 saturated heterocycles. The third-order valence-electron chi connectivity index (χ3n) is 6.34. The Morgan fingerprint density at radius 3 is 2.00 bits per heavy atom. The summed E-state index contributed by atoms with van der Waals surface area (Å²) in [6, 6.07) is 13.0. The number of carbonyl (C=O) groups is 2. The lowest BCUT2D eigenvalue weighted by Gasteiger charge is -2.38. The summed E-state index contributed by atoms with van der Waals surface area (Å²) >= 11 is 0. The average molecular weight is 527 g/mol. The molecular formula is C32H47FN2O3. The molecule has 1 atom stereocenters. The fraction of sp³-hybridized carbons (Fsp3) is 0.500. The van der Waals surface area contributed by atoms with E-state index in [1.54, 1.807) is 11.0 Å². The lowest BCUT2D eigenvalue weighted by molar-refractivity contribution is -0.134. The summed E-state index contributed by atoms with van der Waals surface area (Å²) in [4.78, 5) is 29.1. The monoisotopic (exact) mass is 526 g/mol. The van der Waals surface area contributed by atoms with Gasteiger partial charge < -0.3 is 14.5 Å². The van der Waals surface area contributed by atoms with Gasteiger partial charge in [0, 0.05) is 26.2 Å². The van der Waals surface area contributed by atoms with E-state index in [1.807, 2.05) is 45.7 Å². The maximum absolute atomic E-state index is 13.2. The number of amides is 2. The van der Waals surface area contributed by atoms with Gasteiger partial charge in [-0.2, -0.15) is 0 Å². The number of ether oxygens (including phenoxy) is 1. The second-order valence-electron chi connectivity index (χ2n) is 10.8. The molecule has 0 unspecified atom stereocenters. The lowest BCUT2D eigenvalue weighted by Crippen LogP contribution is -2.49. The zero-order valence-electron chi connectivity index (χ0n) is 24.6. The molecule has 0 radical (unpaired) electrons. The highest BCUT2D eigenvalue weighted by Gasteiger charge is 2.32. The topological polar surface area (TPSA) is 49.9 Å². The van der Waals surface area contributed by atoms with Crippen molar-refractivity contribution in [2.45, 2.75) is 85.3 Å². The predicted octanol–water partition coefficient (Wildman–Crippen LogP) is 7.59. The van der Waals surface area contributed by atoms with Crippen LogP contribution in [0.4, 0.5) is 9.18 Å². The quantitative estimate of drug-likeness (QED) is 0.386. The molecule has 1 fully saturated rings. The van der Waals surface area contributed by atoms with Crippen LogP contribution in [0, 0.1) is 26.6 Å². The summed E-state index contributed by atoms with van der Waals surface area (Å²) in [5, 5.41) is 0. The molecule has 0 spiro atoms. The van der Waals surface area contributed by atoms with Gasteiger partial charge in [-0.1, -0.05) is 48.4 Å². The Hall–Kier alpha value is -3.15. The van der Waals surface area contributed by atoms with Gasteiger partial charge in [0.2, 0.25) is 5.91 Å². The van der Waals surface area contributed by atoms with Crippen LogP contribution in [-0.2, 0) is 9.53 Å². The van der Waals surface area contributed by atoms with Gasteiger partial charge >= 0.3 is 6.09 Å². The molecule has 38 heavy (non-hydrogen) atoms. The summed E-state index contributed by atoms with van der Waals surface area (Å²) in [7, 11) is 1.90. The fourth-order valence-electron chi connectivity index (χ4n) is 4.56. The maximum atomic E-state index is 13.2. The van der Waals surface area contributed by atoms with E-state index in [1.165, 1.54) is 23.3 Å². The molecule has 3 rings (SSSR count). The van der Waals surface area contributed by atoms with Gasteiger partial charge in [0.15, 0.2) is 0 Å². The number of likely N-dealkylation sites (N-methyl/N-ethyl adjacent to an activating group) is 1. The molecule has 0 N–H and O–H groups in total. The van der Waals surface area contributed by atoms with Crippen LogP contribution in [0.2, 0.25) is 0 Å². The number of rotatable bonds is 4.